The van der Waals surface area contributed by atoms with Crippen LogP contribution in [-0.2, 0) is 4.79 Å². The number of aromatic carboxylic acids is 1. The number of piperidine rings is 8. The van der Waals surface area contributed by atoms with Crippen molar-refractivity contribution in [2.75, 3.05) is 98.1 Å². The van der Waals surface area contributed by atoms with Gasteiger partial charge in [0, 0.05) is 142 Å². The summed E-state index contributed by atoms with van der Waals surface area (Å²) in [5.74, 6) is 2.50. The number of nitrogens with zero attached hydrogens (tertiary/aromatic N) is 16. The van der Waals surface area contributed by atoms with E-state index in [2.05, 4.69) is 138 Å². The number of aromatic nitrogens is 8. The number of hydrogen-bond donors (Lipinski definition) is 3. The third-order valence-corrected chi connectivity index (χ3v) is 25.1. The summed E-state index contributed by atoms with van der Waals surface area (Å²) in [6.07, 6.45) is 15.5. The van der Waals surface area contributed by atoms with E-state index >= 15 is 0 Å². The first-order chi connectivity index (χ1) is 56.5. The minimum absolute atomic E-state index is 0. The van der Waals surface area contributed by atoms with Gasteiger partial charge < -0.3 is 60.3 Å². The van der Waals surface area contributed by atoms with Gasteiger partial charge >= 0.3 is 53.5 Å². The zero-order chi connectivity index (χ0) is 78.0. The van der Waals surface area contributed by atoms with Crippen molar-refractivity contribution in [3.8, 4) is 45.0 Å². The second kappa shape index (κ2) is 35.2. The number of rotatable bonds is 7. The van der Waals surface area contributed by atoms with Crippen LogP contribution in [0.1, 0.15) is 151 Å². The number of carbonyl (C=O) groups excluding carboxylic acids is 2. The summed E-state index contributed by atoms with van der Waals surface area (Å²) in [6, 6.07) is 60.6. The monoisotopic (exact) mass is 1580 g/mol. The number of halogens is 1. The molecule has 29 rings (SSSR count). The summed E-state index contributed by atoms with van der Waals surface area (Å²) in [5, 5.41) is 15.8. The Labute approximate surface area is 708 Å². The molecule has 1 unspecified atom stereocenters. The SMILES string of the molecule is Clc1nc(-c2ccccc2)c2c(n1)C1CCN2CC1.O=C(O)c1nc(-c2ccccc2)c2c(n1)C1CCN2CC1.O=C1/C(=C/c2ccccc2)N2CCC1CC2.O=C1NC2=C(C(c3ccccc3)N1)N1CCC2CC1.[C-]#[N+]c1nc(-c2ccccc2)c2c(n1)C1CCN2CC1.[C-]#[N+]c1nc(-c2ccccc2)c2c(n1)C1CCN2CC1.[Na+].[OH-]. The van der Waals surface area contributed by atoms with Crippen LogP contribution in [0.5, 0.6) is 0 Å². The second-order valence-electron chi connectivity index (χ2n) is 31.5. The molecule has 586 valence electrons. The van der Waals surface area contributed by atoms with Crippen molar-refractivity contribution in [2.24, 2.45) is 11.8 Å². The molecular formula is C92H90ClN18NaO5. The number of hydrogen-bond acceptors (Lipinski definition) is 18. The molecule has 19 aliphatic heterocycles. The normalized spacial score (nSPS) is 19.0. The first-order valence-corrected chi connectivity index (χ1v) is 41.0. The van der Waals surface area contributed by atoms with Gasteiger partial charge in [-0.2, -0.15) is 9.97 Å². The van der Waals surface area contributed by atoms with Gasteiger partial charge in [0.1, 0.15) is 22.8 Å². The summed E-state index contributed by atoms with van der Waals surface area (Å²) < 4.78 is 0. The van der Waals surface area contributed by atoms with Gasteiger partial charge in [0.05, 0.1) is 51.6 Å². The number of carbonyl (C=O) groups is 3. The van der Waals surface area contributed by atoms with Gasteiger partial charge in [-0.15, -0.1) is 23.1 Å². The van der Waals surface area contributed by atoms with Crippen molar-refractivity contribution < 1.29 is 54.5 Å². The molecule has 2 amide bonds. The molecule has 10 aromatic rings. The molecule has 12 bridgehead atoms. The van der Waals surface area contributed by atoms with Crippen molar-refractivity contribution in [1.29, 1.82) is 0 Å². The minimum atomic E-state index is -1.06. The maximum Gasteiger partial charge on any atom is 1.00 e. The van der Waals surface area contributed by atoms with E-state index in [-0.39, 0.29) is 64.8 Å². The fourth-order valence-electron chi connectivity index (χ4n) is 19.3. The van der Waals surface area contributed by atoms with Crippen LogP contribution < -0.4 is 59.8 Å². The Bertz CT molecular complexity index is 5320. The number of ketones is 1. The van der Waals surface area contributed by atoms with Crippen LogP contribution >= 0.6 is 11.6 Å². The number of allylic oxidation sites excluding steroid dienone is 2. The minimum Gasteiger partial charge on any atom is -0.870 e. The predicted octanol–water partition coefficient (Wildman–Crippen LogP) is 13.9. The maximum atomic E-state index is 12.1. The quantitative estimate of drug-likeness (QED) is 0.0580. The molecule has 23 heterocycles. The molecule has 6 aromatic carbocycles. The molecule has 25 heteroatoms. The maximum absolute atomic E-state index is 12.1. The number of carboxylic acids is 1. The summed E-state index contributed by atoms with van der Waals surface area (Å²) >= 11 is 6.13. The van der Waals surface area contributed by atoms with Gasteiger partial charge in [-0.1, -0.05) is 182 Å². The largest absolute Gasteiger partial charge is 1.00 e. The molecule has 0 spiro atoms. The van der Waals surface area contributed by atoms with Gasteiger partial charge in [-0.05, 0) is 106 Å². The number of nitrogens with one attached hydrogen (secondary N) is 2. The topological polar surface area (TPSA) is 257 Å². The second-order valence-corrected chi connectivity index (χ2v) is 31.9. The summed E-state index contributed by atoms with van der Waals surface area (Å²) in [7, 11) is 0. The molecular weight excluding hydrogens is 1500 g/mol. The number of amides is 2. The molecule has 4 N–H and O–H groups in total. The Balaban J connectivity index is 0.000000105. The molecule has 19 aliphatic rings. The molecule has 8 saturated heterocycles. The number of urea groups is 1. The van der Waals surface area contributed by atoms with Gasteiger partial charge in [-0.25, -0.2) is 29.5 Å². The van der Waals surface area contributed by atoms with E-state index < -0.39 is 5.97 Å². The number of Topliss-reactive ketones (excluding diaryl/α,β-unsaturated/α-hetero) is 1. The number of anilines is 4. The Morgan fingerprint density at radius 1 is 0.410 bits per heavy atom. The number of benzene rings is 6. The van der Waals surface area contributed by atoms with E-state index in [4.69, 9.17) is 24.7 Å². The van der Waals surface area contributed by atoms with Crippen LogP contribution in [0.15, 0.2) is 199 Å². The molecule has 0 radical (unpaired) electrons. The van der Waals surface area contributed by atoms with Crippen molar-refractivity contribution in [2.45, 2.75) is 107 Å². The van der Waals surface area contributed by atoms with Crippen LogP contribution in [0.4, 0.5) is 39.4 Å². The third-order valence-electron chi connectivity index (χ3n) is 25.0. The third kappa shape index (κ3) is 16.2. The fraction of sp³-hybridized carbons (Fsp3) is 0.337. The predicted molar refractivity (Wildman–Crippen MR) is 449 cm³/mol. The van der Waals surface area contributed by atoms with E-state index in [1.807, 2.05) is 140 Å². The van der Waals surface area contributed by atoms with E-state index in [9.17, 15) is 19.5 Å². The van der Waals surface area contributed by atoms with Gasteiger partial charge in [0.15, 0.2) is 17.2 Å². The van der Waals surface area contributed by atoms with Gasteiger partial charge in [0.25, 0.3) is 0 Å². The summed E-state index contributed by atoms with van der Waals surface area (Å²) in [6.45, 7) is 27.4. The zero-order valence-corrected chi connectivity index (χ0v) is 68.3. The zero-order valence-electron chi connectivity index (χ0n) is 65.6. The van der Waals surface area contributed by atoms with Crippen molar-refractivity contribution in [3.05, 3.63) is 267 Å². The molecule has 23 nitrogen and oxygen atoms in total. The van der Waals surface area contributed by atoms with E-state index in [1.165, 1.54) is 37.1 Å². The van der Waals surface area contributed by atoms with Crippen LogP contribution in [0, 0.1) is 25.0 Å². The van der Waals surface area contributed by atoms with Crippen LogP contribution in [0.25, 0.3) is 60.8 Å². The van der Waals surface area contributed by atoms with Crippen molar-refractivity contribution in [1.82, 2.24) is 60.3 Å². The fourth-order valence-corrected chi connectivity index (χ4v) is 19.4. The Morgan fingerprint density at radius 3 is 1.14 bits per heavy atom. The molecule has 0 aliphatic carbocycles. The molecule has 117 heavy (non-hydrogen) atoms. The van der Waals surface area contributed by atoms with Crippen LogP contribution in [0.3, 0.4) is 0 Å². The molecule has 1 atom stereocenters. The van der Waals surface area contributed by atoms with Crippen LogP contribution in [-0.4, -0.2) is 157 Å². The van der Waals surface area contributed by atoms with E-state index in [0.717, 1.165) is 237 Å². The first-order valence-electron chi connectivity index (χ1n) is 40.7. The van der Waals surface area contributed by atoms with E-state index in [1.54, 1.807) is 0 Å². The molecule has 4 aromatic heterocycles. The van der Waals surface area contributed by atoms with Crippen molar-refractivity contribution in [3.63, 3.8) is 0 Å². The Kier molecular flexibility index (Phi) is 23.9. The smallest absolute Gasteiger partial charge is 0.870 e. The number of fused-ring (bicyclic) bond motifs is 13. The molecule has 8 fully saturated rings. The number of carboxylic acid groups (broad SMARTS) is 1. The van der Waals surface area contributed by atoms with Gasteiger partial charge in [-0.3, -0.25) is 4.79 Å². The van der Waals surface area contributed by atoms with E-state index in [0.29, 0.717) is 46.6 Å². The average Bonchev–Trinajstić information content (AvgIpc) is 0.763. The average molecular weight is 1590 g/mol. The summed E-state index contributed by atoms with van der Waals surface area (Å²) in [4.78, 5) is 92.0. The Morgan fingerprint density at radius 2 is 0.744 bits per heavy atom. The molecule has 0 saturated carbocycles. The first kappa shape index (κ1) is 79.4. The Hall–Kier alpha value is -11.4. The summed E-state index contributed by atoms with van der Waals surface area (Å²) in [5.41, 5.74) is 22.3. The van der Waals surface area contributed by atoms with Crippen molar-refractivity contribution >= 4 is 70.1 Å². The van der Waals surface area contributed by atoms with Crippen LogP contribution in [0.2, 0.25) is 5.28 Å². The van der Waals surface area contributed by atoms with Gasteiger partial charge in [0.2, 0.25) is 11.1 Å². The standard InChI is InChI=1S/2C16H14N4.C16H15N3O2.C15H14ClN3.C15H17N3O.C14H15NO.Na.H2O/c2*1-17-16-18-13(11-5-3-2-4-6-11)15-14(19-16)12-7-9-20(15)10-8-12;20-16(21)15-17-12(10-4-2-1-3-5-10)14-13(18-15)11-6-8-19(14)9-7-11;16-15-17-12(10-4-2-1-3-5-10)14-13(18-15)11-6-8-19(14)9-7-11;19-15-16-12(10-4-2-1-3-5-10)14-13(17-15)11-6-8-18(14)9-7-11;16-14-12-6-8-15(9-7-12)13(14)10-11-4-2-1-3-5-11;;/h2*2-6,12H,7-10H2;1-5,11H,6-9H2,(H,20,21);1-5,11H,6-9H2;1-5,11-12H,6-9H2,(H2,16,17,19);1-5,10,12H,6-9H2;;1H2/q;;;;;;+1;/p-1/b;;;;;13-10-;;.